The van der Waals surface area contributed by atoms with E-state index in [1.54, 1.807) is 28.6 Å². The first kappa shape index (κ1) is 16.6. The van der Waals surface area contributed by atoms with Crippen LogP contribution >= 0.6 is 11.8 Å². The van der Waals surface area contributed by atoms with Crippen molar-refractivity contribution in [2.45, 2.75) is 31.4 Å². The highest BCUT2D eigenvalue weighted by molar-refractivity contribution is 7.98. The molecular weight excluding hydrogens is 324 g/mol. The number of benzene rings is 1. The maximum Gasteiger partial charge on any atom is 0.256 e. The first-order valence-corrected chi connectivity index (χ1v) is 9.14. The first-order valence-electron chi connectivity index (χ1n) is 7.98. The standard InChI is InChI=1S/C17H20N4O2S/c1-2-8-18-15(22)9-21-16(13-10-24-11-14(13)20-21)19-17(23)12-6-4-3-5-7-12/h3-7H,2,8-11H2,1H3,(H,18,22)(H,19,23). The molecule has 0 unspecified atom stereocenters. The first-order chi connectivity index (χ1) is 11.7. The Bertz CT molecular complexity index is 743. The quantitative estimate of drug-likeness (QED) is 0.844. The van der Waals surface area contributed by atoms with Gasteiger partial charge in [0.1, 0.15) is 12.4 Å². The van der Waals surface area contributed by atoms with Crippen molar-refractivity contribution in [3.05, 3.63) is 47.2 Å². The molecule has 0 fully saturated rings. The van der Waals surface area contributed by atoms with Crippen molar-refractivity contribution < 1.29 is 9.59 Å². The van der Waals surface area contributed by atoms with Crippen molar-refractivity contribution in [2.24, 2.45) is 0 Å². The van der Waals surface area contributed by atoms with Crippen molar-refractivity contribution in [1.29, 1.82) is 0 Å². The van der Waals surface area contributed by atoms with Gasteiger partial charge in [-0.2, -0.15) is 16.9 Å². The molecule has 126 valence electrons. The van der Waals surface area contributed by atoms with Crippen molar-refractivity contribution in [2.75, 3.05) is 11.9 Å². The molecule has 2 aromatic rings. The zero-order valence-corrected chi connectivity index (χ0v) is 14.4. The maximum absolute atomic E-state index is 12.5. The Kier molecular flexibility index (Phi) is 5.20. The minimum atomic E-state index is -0.189. The zero-order chi connectivity index (χ0) is 16.9. The van der Waals surface area contributed by atoms with E-state index in [0.717, 1.165) is 29.2 Å². The van der Waals surface area contributed by atoms with E-state index < -0.39 is 0 Å². The Morgan fingerprint density at radius 2 is 2.04 bits per heavy atom. The van der Waals surface area contributed by atoms with Crippen molar-refractivity contribution >= 4 is 29.4 Å². The Morgan fingerprint density at radius 1 is 1.25 bits per heavy atom. The molecule has 24 heavy (non-hydrogen) atoms. The molecule has 2 amide bonds. The Hall–Kier alpha value is -2.28. The van der Waals surface area contributed by atoms with Gasteiger partial charge in [-0.3, -0.25) is 9.59 Å². The van der Waals surface area contributed by atoms with Crippen LogP contribution in [0.25, 0.3) is 0 Å². The van der Waals surface area contributed by atoms with Crippen LogP contribution in [0.4, 0.5) is 5.82 Å². The molecule has 0 radical (unpaired) electrons. The molecule has 1 aromatic carbocycles. The average Bonchev–Trinajstić information content (AvgIpc) is 3.16. The lowest BCUT2D eigenvalue weighted by atomic mass is 10.2. The minimum absolute atomic E-state index is 0.0964. The Morgan fingerprint density at radius 3 is 2.79 bits per heavy atom. The highest BCUT2D eigenvalue weighted by Crippen LogP contribution is 2.34. The highest BCUT2D eigenvalue weighted by Gasteiger charge is 2.25. The normalized spacial score (nSPS) is 12.7. The molecule has 6 nitrogen and oxygen atoms in total. The third-order valence-electron chi connectivity index (χ3n) is 3.75. The second kappa shape index (κ2) is 7.53. The molecule has 0 spiro atoms. The summed E-state index contributed by atoms with van der Waals surface area (Å²) in [6.07, 6.45) is 0.885. The molecule has 2 N–H and O–H groups in total. The van der Waals surface area contributed by atoms with Crippen LogP contribution in [0.3, 0.4) is 0 Å². The number of carbonyl (C=O) groups excluding carboxylic acids is 2. The third-order valence-corrected chi connectivity index (χ3v) is 4.72. The van der Waals surface area contributed by atoms with Crippen LogP contribution in [0.15, 0.2) is 30.3 Å². The lowest BCUT2D eigenvalue weighted by molar-refractivity contribution is -0.121. The van der Waals surface area contributed by atoms with Gasteiger partial charge in [-0.15, -0.1) is 0 Å². The minimum Gasteiger partial charge on any atom is -0.355 e. The van der Waals surface area contributed by atoms with E-state index in [4.69, 9.17) is 0 Å². The molecule has 0 aliphatic carbocycles. The molecule has 1 aliphatic heterocycles. The van der Waals surface area contributed by atoms with Crippen LogP contribution < -0.4 is 10.6 Å². The number of hydrogen-bond acceptors (Lipinski definition) is 4. The molecule has 2 heterocycles. The van der Waals surface area contributed by atoms with Gasteiger partial charge in [0.05, 0.1) is 5.69 Å². The number of anilines is 1. The smallest absolute Gasteiger partial charge is 0.256 e. The van der Waals surface area contributed by atoms with E-state index in [2.05, 4.69) is 15.7 Å². The number of rotatable bonds is 6. The van der Waals surface area contributed by atoms with Gasteiger partial charge in [0.2, 0.25) is 5.91 Å². The van der Waals surface area contributed by atoms with Gasteiger partial charge < -0.3 is 10.6 Å². The van der Waals surface area contributed by atoms with E-state index in [-0.39, 0.29) is 18.4 Å². The van der Waals surface area contributed by atoms with Gasteiger partial charge in [-0.05, 0) is 18.6 Å². The molecule has 0 saturated heterocycles. The van der Waals surface area contributed by atoms with Crippen molar-refractivity contribution in [1.82, 2.24) is 15.1 Å². The van der Waals surface area contributed by atoms with Crippen LogP contribution in [-0.4, -0.2) is 28.1 Å². The lowest BCUT2D eigenvalue weighted by Gasteiger charge is -2.11. The fourth-order valence-corrected chi connectivity index (χ4v) is 3.58. The summed E-state index contributed by atoms with van der Waals surface area (Å²) < 4.78 is 1.61. The lowest BCUT2D eigenvalue weighted by Crippen LogP contribution is -2.29. The predicted octanol–water partition coefficient (Wildman–Crippen LogP) is 2.41. The van der Waals surface area contributed by atoms with E-state index in [1.165, 1.54) is 0 Å². The molecule has 1 aliphatic rings. The molecule has 3 rings (SSSR count). The van der Waals surface area contributed by atoms with Crippen LogP contribution in [0.2, 0.25) is 0 Å². The summed E-state index contributed by atoms with van der Waals surface area (Å²) in [4.78, 5) is 24.5. The largest absolute Gasteiger partial charge is 0.355 e. The van der Waals surface area contributed by atoms with Crippen molar-refractivity contribution in [3.63, 3.8) is 0 Å². The molecule has 0 bridgehead atoms. The topological polar surface area (TPSA) is 76.0 Å². The van der Waals surface area contributed by atoms with Gasteiger partial charge >= 0.3 is 0 Å². The monoisotopic (exact) mass is 344 g/mol. The third kappa shape index (κ3) is 3.62. The summed E-state index contributed by atoms with van der Waals surface area (Å²) in [5.41, 5.74) is 2.55. The summed E-state index contributed by atoms with van der Waals surface area (Å²) in [5.74, 6) is 1.96. The fourth-order valence-electron chi connectivity index (χ4n) is 2.55. The number of nitrogens with zero attached hydrogens (tertiary/aromatic N) is 2. The second-order valence-corrected chi connectivity index (χ2v) is 6.58. The molecule has 0 atom stereocenters. The number of hydrogen-bond donors (Lipinski definition) is 2. The zero-order valence-electron chi connectivity index (χ0n) is 13.5. The second-order valence-electron chi connectivity index (χ2n) is 5.59. The number of amides is 2. The SMILES string of the molecule is CCCNC(=O)Cn1nc2c(c1NC(=O)c1ccccc1)CSC2. The fraction of sp³-hybridized carbons (Fsp3) is 0.353. The summed E-state index contributed by atoms with van der Waals surface area (Å²) >= 11 is 1.76. The van der Waals surface area contributed by atoms with Crippen LogP contribution in [-0.2, 0) is 22.8 Å². The summed E-state index contributed by atoms with van der Waals surface area (Å²) in [6, 6.07) is 9.04. The maximum atomic E-state index is 12.5. The van der Waals surface area contributed by atoms with Gasteiger partial charge in [0, 0.05) is 29.2 Å². The summed E-state index contributed by atoms with van der Waals surface area (Å²) in [6.45, 7) is 2.76. The van der Waals surface area contributed by atoms with Crippen molar-refractivity contribution in [3.8, 4) is 0 Å². The van der Waals surface area contributed by atoms with E-state index in [0.29, 0.717) is 17.9 Å². The summed E-state index contributed by atoms with van der Waals surface area (Å²) in [5, 5.41) is 10.3. The average molecular weight is 344 g/mol. The Labute approximate surface area is 145 Å². The highest BCUT2D eigenvalue weighted by atomic mass is 32.2. The van der Waals surface area contributed by atoms with E-state index >= 15 is 0 Å². The van der Waals surface area contributed by atoms with Crippen LogP contribution in [0.5, 0.6) is 0 Å². The molecule has 1 aromatic heterocycles. The van der Waals surface area contributed by atoms with Gasteiger partial charge in [0.15, 0.2) is 0 Å². The number of nitrogens with one attached hydrogen (secondary N) is 2. The number of aromatic nitrogens is 2. The molecule has 0 saturated carbocycles. The van der Waals surface area contributed by atoms with Gasteiger partial charge in [-0.25, -0.2) is 4.68 Å². The van der Waals surface area contributed by atoms with Crippen LogP contribution in [0, 0.1) is 0 Å². The molecular formula is C17H20N4O2S. The summed E-state index contributed by atoms with van der Waals surface area (Å²) in [7, 11) is 0. The van der Waals surface area contributed by atoms with Gasteiger partial charge in [0.25, 0.3) is 5.91 Å². The predicted molar refractivity (Wildman–Crippen MR) is 94.9 cm³/mol. The van der Waals surface area contributed by atoms with Crippen LogP contribution in [0.1, 0.15) is 35.0 Å². The number of fused-ring (bicyclic) bond motifs is 1. The van der Waals surface area contributed by atoms with Gasteiger partial charge in [-0.1, -0.05) is 25.1 Å². The van der Waals surface area contributed by atoms with E-state index in [1.807, 2.05) is 25.1 Å². The Balaban J connectivity index is 1.81. The number of carbonyl (C=O) groups is 2. The number of thioether (sulfide) groups is 1. The molecule has 7 heteroatoms. The van der Waals surface area contributed by atoms with E-state index in [9.17, 15) is 9.59 Å².